The number of esters is 2. The van der Waals surface area contributed by atoms with Gasteiger partial charge in [-0.3, -0.25) is 14.4 Å². The number of rotatable bonds is 16. The van der Waals surface area contributed by atoms with E-state index < -0.39 is 110 Å². The molecule has 11 unspecified atom stereocenters. The van der Waals surface area contributed by atoms with Crippen LogP contribution in [0.15, 0.2) is 42.0 Å². The van der Waals surface area contributed by atoms with Gasteiger partial charge in [0.05, 0.1) is 37.5 Å². The van der Waals surface area contributed by atoms with Gasteiger partial charge in [-0.15, -0.1) is 0 Å². The Morgan fingerprint density at radius 1 is 1.00 bits per heavy atom. The van der Waals surface area contributed by atoms with E-state index in [2.05, 4.69) is 10.6 Å². The van der Waals surface area contributed by atoms with Crippen LogP contribution in [0.25, 0.3) is 6.08 Å². The van der Waals surface area contributed by atoms with Crippen LogP contribution in [0.4, 0.5) is 0 Å². The summed E-state index contributed by atoms with van der Waals surface area (Å²) in [5.74, 6) is -2.73. The minimum absolute atomic E-state index is 0.0517. The third-order valence-corrected chi connectivity index (χ3v) is 8.94. The molecule has 18 nitrogen and oxygen atoms in total. The van der Waals surface area contributed by atoms with Crippen molar-refractivity contribution in [3.8, 4) is 0 Å². The highest BCUT2D eigenvalue weighted by Gasteiger charge is 2.45. The van der Waals surface area contributed by atoms with E-state index >= 15 is 0 Å². The molecule has 0 aromatic heterocycles. The van der Waals surface area contributed by atoms with Crippen molar-refractivity contribution in [1.82, 2.24) is 10.6 Å². The lowest BCUT2D eigenvalue weighted by atomic mass is 9.91. The first-order valence-corrected chi connectivity index (χ1v) is 18.0. The molecule has 3 aliphatic rings. The van der Waals surface area contributed by atoms with Gasteiger partial charge in [0, 0.05) is 18.4 Å². The molecule has 8 N–H and O–H groups in total. The smallest absolute Gasteiger partial charge is 0.338 e. The summed E-state index contributed by atoms with van der Waals surface area (Å²) in [7, 11) is 0. The molecule has 2 saturated heterocycles. The molecular weight excluding hydrogens is 728 g/mol. The second-order valence-corrected chi connectivity index (χ2v) is 14.5. The minimum Gasteiger partial charge on any atom is -0.460 e. The number of fused-ring (bicyclic) bond motifs is 1. The number of carbonyl (C=O) groups excluding carboxylic acids is 4. The van der Waals surface area contributed by atoms with Crippen LogP contribution in [-0.2, 0) is 42.8 Å². The van der Waals surface area contributed by atoms with Crippen LogP contribution in [0.2, 0.25) is 0 Å². The molecular formula is C37H52N2O16. The molecule has 306 valence electrons. The highest BCUT2D eigenvalue weighted by molar-refractivity contribution is 5.97. The Bertz CT molecular complexity index is 1520. The highest BCUT2D eigenvalue weighted by atomic mass is 16.7. The van der Waals surface area contributed by atoms with Crippen LogP contribution in [0.3, 0.4) is 0 Å². The average Bonchev–Trinajstić information content (AvgIpc) is 3.62. The van der Waals surface area contributed by atoms with Crippen molar-refractivity contribution in [2.75, 3.05) is 26.6 Å². The molecule has 1 aliphatic carbocycles. The fraction of sp³-hybridized carbons (Fsp3) is 0.622. The second-order valence-electron chi connectivity index (χ2n) is 14.5. The largest absolute Gasteiger partial charge is 0.460 e. The first kappa shape index (κ1) is 43.9. The lowest BCUT2D eigenvalue weighted by Crippen LogP contribution is -2.59. The molecule has 1 aromatic carbocycles. The Balaban J connectivity index is 1.31. The van der Waals surface area contributed by atoms with Gasteiger partial charge in [0.1, 0.15) is 61.2 Å². The Morgan fingerprint density at radius 2 is 1.71 bits per heavy atom. The molecule has 0 bridgehead atoms. The van der Waals surface area contributed by atoms with Gasteiger partial charge < -0.3 is 69.7 Å². The Labute approximate surface area is 318 Å². The van der Waals surface area contributed by atoms with Crippen LogP contribution >= 0.6 is 0 Å². The molecule has 0 spiro atoms. The van der Waals surface area contributed by atoms with Crippen molar-refractivity contribution < 1.29 is 78.2 Å². The quantitative estimate of drug-likeness (QED) is 0.0895. The summed E-state index contributed by atoms with van der Waals surface area (Å²) in [5.41, 5.74) is 0.289. The first-order chi connectivity index (χ1) is 26.0. The number of hydrogen-bond acceptors (Lipinski definition) is 16. The molecule has 2 amide bonds. The SMILES string of the molecule is CC(O)C(NC(=O)C1=CC2OCOC2C(OC(=O)c2ccc(C=CCOC3OC(CO)C(O)C(O)C3O)cc2)C1)C(=O)NC(CO)CCC(=O)OC(C)(C)C. The monoisotopic (exact) mass is 780 g/mol. The number of hydrogen-bond donors (Lipinski definition) is 8. The number of benzene rings is 1. The van der Waals surface area contributed by atoms with Gasteiger partial charge in [-0.05, 0) is 57.9 Å². The van der Waals surface area contributed by atoms with Crippen molar-refractivity contribution in [2.24, 2.45) is 0 Å². The van der Waals surface area contributed by atoms with Crippen LogP contribution in [0, 0.1) is 0 Å². The molecule has 2 heterocycles. The number of ether oxygens (including phenoxy) is 6. The standard InChI is InChI=1S/C37H52N2O16/c1-19(42)28(34(48)38-23(16-40)11-12-27(43)55-37(2,3)4)39-33(47)22-14-24-32(52-18-51-24)25(15-22)53-35(49)21-9-7-20(8-10-21)6-5-13-50-36-31(46)30(45)29(44)26(17-41)54-36/h5-10,14,19,23-26,28-32,36,40-42,44-46H,11-13,15-18H2,1-4H3,(H,38,48)(H,39,47). The van der Waals surface area contributed by atoms with E-state index in [9.17, 15) is 49.8 Å². The second kappa shape index (κ2) is 19.9. The summed E-state index contributed by atoms with van der Waals surface area (Å²) in [4.78, 5) is 51.9. The average molecular weight is 781 g/mol. The van der Waals surface area contributed by atoms with Crippen LogP contribution in [-0.4, -0.2) is 154 Å². The van der Waals surface area contributed by atoms with Crippen molar-refractivity contribution in [3.05, 3.63) is 53.1 Å². The van der Waals surface area contributed by atoms with E-state index in [0.29, 0.717) is 5.56 Å². The van der Waals surface area contributed by atoms with E-state index in [1.165, 1.54) is 25.1 Å². The zero-order valence-corrected chi connectivity index (χ0v) is 31.1. The summed E-state index contributed by atoms with van der Waals surface area (Å²) in [5, 5.41) is 64.5. The first-order valence-electron chi connectivity index (χ1n) is 18.0. The fourth-order valence-corrected chi connectivity index (χ4v) is 6.02. The number of amides is 2. The van der Waals surface area contributed by atoms with Crippen LogP contribution in [0.1, 0.15) is 62.9 Å². The molecule has 0 radical (unpaired) electrons. The summed E-state index contributed by atoms with van der Waals surface area (Å²) in [6.45, 7) is 5.21. The van der Waals surface area contributed by atoms with Gasteiger partial charge >= 0.3 is 11.9 Å². The Kier molecular flexibility index (Phi) is 15.9. The summed E-state index contributed by atoms with van der Waals surface area (Å²) < 4.78 is 33.0. The molecule has 0 saturated carbocycles. The molecule has 2 aliphatic heterocycles. The van der Waals surface area contributed by atoms with Crippen molar-refractivity contribution in [2.45, 2.75) is 120 Å². The van der Waals surface area contributed by atoms with Gasteiger partial charge in [-0.2, -0.15) is 0 Å². The predicted molar refractivity (Wildman–Crippen MR) is 189 cm³/mol. The number of aliphatic hydroxyl groups is 6. The van der Waals surface area contributed by atoms with E-state index in [0.717, 1.165) is 0 Å². The predicted octanol–water partition coefficient (Wildman–Crippen LogP) is -1.42. The van der Waals surface area contributed by atoms with Gasteiger partial charge in [0.15, 0.2) is 6.29 Å². The van der Waals surface area contributed by atoms with E-state index in [1.54, 1.807) is 45.1 Å². The fourth-order valence-electron chi connectivity index (χ4n) is 6.02. The summed E-state index contributed by atoms with van der Waals surface area (Å²) >= 11 is 0. The lowest BCUT2D eigenvalue weighted by Gasteiger charge is -2.39. The van der Waals surface area contributed by atoms with Crippen molar-refractivity contribution in [3.63, 3.8) is 0 Å². The van der Waals surface area contributed by atoms with E-state index in [1.807, 2.05) is 0 Å². The number of nitrogens with one attached hydrogen (secondary N) is 2. The van der Waals surface area contributed by atoms with E-state index in [4.69, 9.17) is 28.4 Å². The number of carbonyl (C=O) groups is 4. The summed E-state index contributed by atoms with van der Waals surface area (Å²) in [6, 6.07) is 4.03. The zero-order valence-electron chi connectivity index (χ0n) is 31.1. The van der Waals surface area contributed by atoms with Gasteiger partial charge in [-0.1, -0.05) is 24.3 Å². The van der Waals surface area contributed by atoms with Gasteiger partial charge in [0.2, 0.25) is 11.8 Å². The van der Waals surface area contributed by atoms with Crippen molar-refractivity contribution in [1.29, 1.82) is 0 Å². The van der Waals surface area contributed by atoms with Crippen LogP contribution < -0.4 is 10.6 Å². The summed E-state index contributed by atoms with van der Waals surface area (Å²) in [6.07, 6.45) is -6.06. The molecule has 18 heteroatoms. The maximum absolute atomic E-state index is 13.4. The minimum atomic E-state index is -1.56. The highest BCUT2D eigenvalue weighted by Crippen LogP contribution is 2.31. The van der Waals surface area contributed by atoms with Gasteiger partial charge in [-0.25, -0.2) is 4.79 Å². The maximum Gasteiger partial charge on any atom is 0.338 e. The molecule has 1 aromatic rings. The lowest BCUT2D eigenvalue weighted by molar-refractivity contribution is -0.298. The Morgan fingerprint density at radius 3 is 2.35 bits per heavy atom. The van der Waals surface area contributed by atoms with Gasteiger partial charge in [0.25, 0.3) is 0 Å². The van der Waals surface area contributed by atoms with Crippen LogP contribution in [0.5, 0.6) is 0 Å². The molecule has 11 atom stereocenters. The molecule has 4 rings (SSSR count). The normalized spacial score (nSPS) is 28.4. The van der Waals surface area contributed by atoms with E-state index in [-0.39, 0.29) is 43.8 Å². The zero-order chi connectivity index (χ0) is 40.4. The Hall–Kier alpha value is -3.82. The third kappa shape index (κ3) is 12.3. The van der Waals surface area contributed by atoms with Crippen molar-refractivity contribution >= 4 is 29.8 Å². The third-order valence-electron chi connectivity index (χ3n) is 8.94. The molecule has 55 heavy (non-hydrogen) atoms. The maximum atomic E-state index is 13.4. The number of aliphatic hydroxyl groups excluding tert-OH is 6. The topological polar surface area (TPSA) is 269 Å². The molecule has 2 fully saturated rings.